The molecule has 7 atom stereocenters. The van der Waals surface area contributed by atoms with Crippen LogP contribution in [0.2, 0.25) is 0 Å². The van der Waals surface area contributed by atoms with Crippen LogP contribution in [0.25, 0.3) is 0 Å². The number of methoxy groups -OCH3 is 3. The summed E-state index contributed by atoms with van der Waals surface area (Å²) >= 11 is 0. The molecule has 2 rings (SSSR count). The number of likely N-dealkylation sites (tertiary alicyclic amines) is 1. The number of nitrogens with one attached hydrogen (secondary N) is 1. The van der Waals surface area contributed by atoms with Crippen molar-refractivity contribution in [3.05, 3.63) is 35.9 Å². The van der Waals surface area contributed by atoms with E-state index in [0.717, 1.165) is 12.0 Å². The van der Waals surface area contributed by atoms with E-state index in [4.69, 9.17) is 19.9 Å². The number of hydrogen-bond acceptors (Lipinski definition) is 8. The van der Waals surface area contributed by atoms with Crippen molar-refractivity contribution >= 4 is 23.7 Å². The summed E-state index contributed by atoms with van der Waals surface area (Å²) in [5, 5.41) is 2.83. The number of likely N-dealkylation sites (N-methyl/N-ethyl adjacent to an activating group) is 1. The molecule has 236 valence electrons. The van der Waals surface area contributed by atoms with Crippen LogP contribution in [0.4, 0.5) is 0 Å². The van der Waals surface area contributed by atoms with Gasteiger partial charge in [0.25, 0.3) is 0 Å². The third-order valence-electron chi connectivity index (χ3n) is 8.44. The quantitative estimate of drug-likeness (QED) is 0.295. The first-order valence-corrected chi connectivity index (χ1v) is 14.7. The highest BCUT2D eigenvalue weighted by Gasteiger charge is 2.41. The van der Waals surface area contributed by atoms with Gasteiger partial charge in [0, 0.05) is 34.2 Å². The zero-order chi connectivity index (χ0) is 31.6. The fourth-order valence-electron chi connectivity index (χ4n) is 5.49. The van der Waals surface area contributed by atoms with Crippen LogP contribution in [0, 0.1) is 11.8 Å². The van der Waals surface area contributed by atoms with Crippen molar-refractivity contribution in [2.45, 2.75) is 89.8 Å². The predicted molar refractivity (Wildman–Crippen MR) is 159 cm³/mol. The summed E-state index contributed by atoms with van der Waals surface area (Å²) in [6.07, 6.45) is 0.624. The third-order valence-corrected chi connectivity index (χ3v) is 8.44. The lowest BCUT2D eigenvalue weighted by molar-refractivity contribution is -0.147. The van der Waals surface area contributed by atoms with Gasteiger partial charge < -0.3 is 35.1 Å². The number of rotatable bonds is 15. The molecular formula is C31H50N4O7. The molecule has 3 amide bonds. The standard InChI is InChI=1S/C31H50N4O7/c1-19(2)27(32)30(38)34(5)21(4)25(40-6)18-26(36)35-16-12-15-24(35)28(41-7)20(3)29(37)33-23(31(39)42-8)17-22-13-10-9-11-14-22/h9-11,13-14,19-21,23-25,27-28H,12,15-18,32H2,1-8H3,(H,33,37)/t20-,21+,23+,24+,25-,27+,28-/m1/s1. The minimum absolute atomic E-state index is 0.0217. The molecule has 0 aromatic heterocycles. The molecule has 11 heteroatoms. The lowest BCUT2D eigenvalue weighted by Gasteiger charge is -2.36. The number of nitrogens with two attached hydrogens (primary N) is 1. The van der Waals surface area contributed by atoms with Crippen molar-refractivity contribution in [1.82, 2.24) is 15.1 Å². The van der Waals surface area contributed by atoms with E-state index < -0.39 is 36.2 Å². The predicted octanol–water partition coefficient (Wildman–Crippen LogP) is 1.76. The maximum absolute atomic E-state index is 13.6. The van der Waals surface area contributed by atoms with Crippen LogP contribution in [0.1, 0.15) is 52.5 Å². The third kappa shape index (κ3) is 8.99. The van der Waals surface area contributed by atoms with Gasteiger partial charge in [-0.05, 0) is 31.2 Å². The van der Waals surface area contributed by atoms with Gasteiger partial charge in [-0.25, -0.2) is 4.79 Å². The molecule has 0 unspecified atom stereocenters. The summed E-state index contributed by atoms with van der Waals surface area (Å²) in [7, 11) is 6.01. The molecule has 1 aromatic rings. The minimum Gasteiger partial charge on any atom is -0.467 e. The Balaban J connectivity index is 2.12. The highest BCUT2D eigenvalue weighted by atomic mass is 16.5. The Kier molecular flexibility index (Phi) is 13.9. The lowest BCUT2D eigenvalue weighted by Crippen LogP contribution is -2.54. The van der Waals surface area contributed by atoms with Gasteiger partial charge in [-0.1, -0.05) is 51.1 Å². The maximum atomic E-state index is 13.6. The Bertz CT molecular complexity index is 1040. The zero-order valence-corrected chi connectivity index (χ0v) is 26.4. The molecule has 0 radical (unpaired) electrons. The molecule has 1 fully saturated rings. The second-order valence-electron chi connectivity index (χ2n) is 11.5. The number of hydrogen-bond donors (Lipinski definition) is 2. The molecule has 0 saturated carbocycles. The van der Waals surface area contributed by atoms with Crippen LogP contribution in [-0.2, 0) is 39.8 Å². The Labute approximate surface area is 250 Å². The Morgan fingerprint density at radius 1 is 1.05 bits per heavy atom. The van der Waals surface area contributed by atoms with E-state index in [1.165, 1.54) is 21.3 Å². The van der Waals surface area contributed by atoms with E-state index in [9.17, 15) is 19.2 Å². The Morgan fingerprint density at radius 2 is 1.69 bits per heavy atom. The van der Waals surface area contributed by atoms with Gasteiger partial charge >= 0.3 is 5.97 Å². The molecule has 1 aromatic carbocycles. The fraction of sp³-hybridized carbons (Fsp3) is 0.677. The van der Waals surface area contributed by atoms with E-state index in [-0.39, 0.29) is 48.6 Å². The number of carbonyl (C=O) groups excluding carboxylic acids is 4. The van der Waals surface area contributed by atoms with Crippen molar-refractivity contribution in [3.8, 4) is 0 Å². The molecular weight excluding hydrogens is 540 g/mol. The summed E-state index contributed by atoms with van der Waals surface area (Å²) in [4.78, 5) is 55.6. The number of esters is 1. The molecule has 0 bridgehead atoms. The number of benzene rings is 1. The number of carbonyl (C=O) groups is 4. The summed E-state index contributed by atoms with van der Waals surface area (Å²) in [5.74, 6) is -1.93. The summed E-state index contributed by atoms with van der Waals surface area (Å²) in [5.41, 5.74) is 6.96. The highest BCUT2D eigenvalue weighted by Crippen LogP contribution is 2.28. The van der Waals surface area contributed by atoms with Gasteiger partial charge in [0.05, 0.1) is 49.8 Å². The van der Waals surface area contributed by atoms with Crippen LogP contribution in [0.3, 0.4) is 0 Å². The monoisotopic (exact) mass is 590 g/mol. The SMILES string of the molecule is COC(=O)[C@H](Cc1ccccc1)NC(=O)[C@H](C)[C@@H](OC)[C@@H]1CCCN1C(=O)C[C@@H](OC)[C@H](C)N(C)C(=O)[C@@H](N)C(C)C. The summed E-state index contributed by atoms with van der Waals surface area (Å²) in [6.45, 7) is 7.87. The molecule has 0 aliphatic carbocycles. The van der Waals surface area contributed by atoms with Crippen LogP contribution in [-0.4, -0.2) is 105 Å². The average Bonchev–Trinajstić information content (AvgIpc) is 3.47. The highest BCUT2D eigenvalue weighted by molar-refractivity contribution is 5.86. The average molecular weight is 591 g/mol. The normalized spacial score (nSPS) is 19.4. The van der Waals surface area contributed by atoms with E-state index >= 15 is 0 Å². The number of nitrogens with zero attached hydrogens (tertiary/aromatic N) is 2. The second kappa shape index (κ2) is 16.6. The smallest absolute Gasteiger partial charge is 0.328 e. The van der Waals surface area contributed by atoms with Crippen LogP contribution < -0.4 is 11.1 Å². The van der Waals surface area contributed by atoms with Gasteiger partial charge in [-0.3, -0.25) is 14.4 Å². The summed E-state index contributed by atoms with van der Waals surface area (Å²) < 4.78 is 16.4. The van der Waals surface area contributed by atoms with Crippen molar-refractivity contribution in [1.29, 1.82) is 0 Å². The molecule has 1 aliphatic rings. The largest absolute Gasteiger partial charge is 0.467 e. The molecule has 0 spiro atoms. The Morgan fingerprint density at radius 3 is 2.24 bits per heavy atom. The molecule has 11 nitrogen and oxygen atoms in total. The summed E-state index contributed by atoms with van der Waals surface area (Å²) in [6, 6.07) is 7.14. The second-order valence-corrected chi connectivity index (χ2v) is 11.5. The number of ether oxygens (including phenoxy) is 3. The van der Waals surface area contributed by atoms with Crippen molar-refractivity contribution in [3.63, 3.8) is 0 Å². The van der Waals surface area contributed by atoms with E-state index in [0.29, 0.717) is 13.0 Å². The first-order chi connectivity index (χ1) is 19.9. The van der Waals surface area contributed by atoms with Crippen LogP contribution in [0.15, 0.2) is 30.3 Å². The number of amides is 3. The fourth-order valence-corrected chi connectivity index (χ4v) is 5.49. The van der Waals surface area contributed by atoms with Crippen LogP contribution in [0.5, 0.6) is 0 Å². The van der Waals surface area contributed by atoms with Crippen molar-refractivity contribution in [2.24, 2.45) is 17.6 Å². The first-order valence-electron chi connectivity index (χ1n) is 14.7. The van der Waals surface area contributed by atoms with Gasteiger partial charge in [0.2, 0.25) is 17.7 Å². The molecule has 1 saturated heterocycles. The van der Waals surface area contributed by atoms with Gasteiger partial charge in [-0.15, -0.1) is 0 Å². The zero-order valence-electron chi connectivity index (χ0n) is 26.4. The van der Waals surface area contributed by atoms with Gasteiger partial charge in [-0.2, -0.15) is 0 Å². The molecule has 1 heterocycles. The van der Waals surface area contributed by atoms with Gasteiger partial charge in [0.1, 0.15) is 6.04 Å². The maximum Gasteiger partial charge on any atom is 0.328 e. The van der Waals surface area contributed by atoms with Crippen molar-refractivity contribution < 1.29 is 33.4 Å². The molecule has 3 N–H and O–H groups in total. The lowest BCUT2D eigenvalue weighted by atomic mass is 9.93. The van der Waals surface area contributed by atoms with Crippen LogP contribution >= 0.6 is 0 Å². The first kappa shape index (κ1) is 35.2. The topological polar surface area (TPSA) is 140 Å². The minimum atomic E-state index is -0.862. The Hall–Kier alpha value is -3.02. The molecule has 1 aliphatic heterocycles. The van der Waals surface area contributed by atoms with E-state index in [2.05, 4.69) is 5.32 Å². The van der Waals surface area contributed by atoms with E-state index in [1.807, 2.05) is 51.1 Å². The van der Waals surface area contributed by atoms with E-state index in [1.54, 1.807) is 23.8 Å². The molecule has 42 heavy (non-hydrogen) atoms. The van der Waals surface area contributed by atoms with Crippen molar-refractivity contribution in [2.75, 3.05) is 34.9 Å². The van der Waals surface area contributed by atoms with Gasteiger partial charge in [0.15, 0.2) is 0 Å².